The lowest BCUT2D eigenvalue weighted by Gasteiger charge is -2.33. The van der Waals surface area contributed by atoms with E-state index >= 15 is 0 Å². The van der Waals surface area contributed by atoms with Crippen LogP contribution in [0.1, 0.15) is 63.6 Å². The fraction of sp³-hybridized carbons (Fsp3) is 0.517. The topological polar surface area (TPSA) is 96.0 Å². The summed E-state index contributed by atoms with van der Waals surface area (Å²) in [4.78, 5) is 28.4. The number of carbonyl (C=O) groups excluding carboxylic acids is 2. The van der Waals surface area contributed by atoms with Crippen LogP contribution in [0.3, 0.4) is 0 Å². The smallest absolute Gasteiger partial charge is 0.243 e. The molecule has 9 heteroatoms. The number of ether oxygens (including phenoxy) is 1. The van der Waals surface area contributed by atoms with E-state index in [1.165, 1.54) is 10.6 Å². The molecular formula is C29H43N3O5S. The summed E-state index contributed by atoms with van der Waals surface area (Å²) in [5.74, 6) is 0.289. The number of methoxy groups -OCH3 is 1. The van der Waals surface area contributed by atoms with E-state index in [1.54, 1.807) is 12.0 Å². The van der Waals surface area contributed by atoms with Crippen LogP contribution in [0.2, 0.25) is 0 Å². The standard InChI is InChI=1S/C29H43N3O5S/c1-9-25(28(34)30-29(4,5)6)31(20-23-14-16-24(37-7)17-15-23)27(33)11-10-18-32(38(8,35)36)26-19-21(2)12-13-22(26)3/h12-17,19,25H,9-11,18,20H2,1-8H3,(H,30,34). The third-order valence-electron chi connectivity index (χ3n) is 6.18. The van der Waals surface area contributed by atoms with E-state index in [1.807, 2.05) is 84.0 Å². The molecule has 0 spiro atoms. The quantitative estimate of drug-likeness (QED) is 0.421. The zero-order valence-corrected chi connectivity index (χ0v) is 24.8. The van der Waals surface area contributed by atoms with Crippen LogP contribution in [0.4, 0.5) is 5.69 Å². The van der Waals surface area contributed by atoms with Gasteiger partial charge in [-0.3, -0.25) is 13.9 Å². The molecule has 0 aliphatic carbocycles. The molecule has 2 aromatic carbocycles. The van der Waals surface area contributed by atoms with E-state index in [-0.39, 0.29) is 31.3 Å². The van der Waals surface area contributed by atoms with Gasteiger partial charge in [0.1, 0.15) is 11.8 Å². The van der Waals surface area contributed by atoms with Crippen molar-refractivity contribution in [2.45, 2.75) is 78.9 Å². The molecule has 38 heavy (non-hydrogen) atoms. The predicted octanol–water partition coefficient (Wildman–Crippen LogP) is 4.58. The fourth-order valence-electron chi connectivity index (χ4n) is 4.27. The van der Waals surface area contributed by atoms with Crippen molar-refractivity contribution in [1.82, 2.24) is 10.2 Å². The number of rotatable bonds is 12. The zero-order valence-electron chi connectivity index (χ0n) is 24.0. The highest BCUT2D eigenvalue weighted by atomic mass is 32.2. The second-order valence-electron chi connectivity index (χ2n) is 10.8. The number of nitrogens with one attached hydrogen (secondary N) is 1. The molecule has 210 valence electrons. The number of aryl methyl sites for hydroxylation is 2. The van der Waals surface area contributed by atoms with Gasteiger partial charge in [0, 0.05) is 25.0 Å². The summed E-state index contributed by atoms with van der Waals surface area (Å²) in [6, 6.07) is 12.4. The Bertz CT molecular complexity index is 1200. The van der Waals surface area contributed by atoms with Gasteiger partial charge in [0.15, 0.2) is 0 Å². The van der Waals surface area contributed by atoms with Crippen LogP contribution < -0.4 is 14.4 Å². The molecule has 0 radical (unpaired) electrons. The molecular weight excluding hydrogens is 502 g/mol. The molecule has 1 unspecified atom stereocenters. The minimum Gasteiger partial charge on any atom is -0.497 e. The Morgan fingerprint density at radius 3 is 2.21 bits per heavy atom. The number of nitrogens with zero attached hydrogens (tertiary/aromatic N) is 2. The van der Waals surface area contributed by atoms with E-state index in [0.717, 1.165) is 16.7 Å². The number of hydrogen-bond donors (Lipinski definition) is 1. The van der Waals surface area contributed by atoms with E-state index in [0.29, 0.717) is 24.3 Å². The fourth-order valence-corrected chi connectivity index (χ4v) is 5.29. The molecule has 1 atom stereocenters. The van der Waals surface area contributed by atoms with Crippen LogP contribution in [0.25, 0.3) is 0 Å². The molecule has 0 aliphatic heterocycles. The number of carbonyl (C=O) groups is 2. The number of hydrogen-bond acceptors (Lipinski definition) is 5. The number of anilines is 1. The molecule has 0 aromatic heterocycles. The summed E-state index contributed by atoms with van der Waals surface area (Å²) < 4.78 is 31.9. The van der Waals surface area contributed by atoms with Crippen molar-refractivity contribution in [3.05, 3.63) is 59.2 Å². The van der Waals surface area contributed by atoms with Gasteiger partial charge in [-0.25, -0.2) is 8.42 Å². The van der Waals surface area contributed by atoms with Gasteiger partial charge < -0.3 is 15.0 Å². The van der Waals surface area contributed by atoms with Gasteiger partial charge in [-0.2, -0.15) is 0 Å². The number of sulfonamides is 1. The van der Waals surface area contributed by atoms with E-state index in [2.05, 4.69) is 5.32 Å². The molecule has 0 aliphatic rings. The summed E-state index contributed by atoms with van der Waals surface area (Å²) in [7, 11) is -1.96. The summed E-state index contributed by atoms with van der Waals surface area (Å²) >= 11 is 0. The van der Waals surface area contributed by atoms with Gasteiger partial charge in [0.05, 0.1) is 19.1 Å². The van der Waals surface area contributed by atoms with Gasteiger partial charge in [-0.15, -0.1) is 0 Å². The lowest BCUT2D eigenvalue weighted by molar-refractivity contribution is -0.142. The van der Waals surface area contributed by atoms with Crippen molar-refractivity contribution >= 4 is 27.5 Å². The van der Waals surface area contributed by atoms with Crippen molar-refractivity contribution in [1.29, 1.82) is 0 Å². The van der Waals surface area contributed by atoms with Crippen LogP contribution >= 0.6 is 0 Å². The Hall–Kier alpha value is -3.07. The summed E-state index contributed by atoms with van der Waals surface area (Å²) in [6.45, 7) is 11.8. The van der Waals surface area contributed by atoms with E-state index in [4.69, 9.17) is 4.74 Å². The summed E-state index contributed by atoms with van der Waals surface area (Å²) in [5.41, 5.74) is 2.84. The maximum atomic E-state index is 13.6. The van der Waals surface area contributed by atoms with Crippen molar-refractivity contribution in [2.75, 3.05) is 24.2 Å². The second kappa shape index (κ2) is 13.1. The van der Waals surface area contributed by atoms with Gasteiger partial charge >= 0.3 is 0 Å². The average Bonchev–Trinajstić information content (AvgIpc) is 2.81. The average molecular weight is 546 g/mol. The first-order valence-electron chi connectivity index (χ1n) is 13.0. The third-order valence-corrected chi connectivity index (χ3v) is 7.36. The first-order chi connectivity index (χ1) is 17.7. The molecule has 8 nitrogen and oxygen atoms in total. The van der Waals surface area contributed by atoms with Crippen LogP contribution in [-0.4, -0.2) is 56.6 Å². The highest BCUT2D eigenvalue weighted by Crippen LogP contribution is 2.25. The highest BCUT2D eigenvalue weighted by Gasteiger charge is 2.31. The number of benzene rings is 2. The van der Waals surface area contributed by atoms with Crippen molar-refractivity contribution in [2.24, 2.45) is 0 Å². The largest absolute Gasteiger partial charge is 0.497 e. The zero-order chi connectivity index (χ0) is 28.7. The Morgan fingerprint density at radius 1 is 1.05 bits per heavy atom. The van der Waals surface area contributed by atoms with E-state index < -0.39 is 21.6 Å². The molecule has 2 rings (SSSR count). The third kappa shape index (κ3) is 9.04. The van der Waals surface area contributed by atoms with Gasteiger partial charge in [0.2, 0.25) is 21.8 Å². The molecule has 0 fully saturated rings. The summed E-state index contributed by atoms with van der Waals surface area (Å²) in [5, 5.41) is 3.00. The van der Waals surface area contributed by atoms with Gasteiger partial charge in [-0.1, -0.05) is 31.2 Å². The molecule has 2 amide bonds. The van der Waals surface area contributed by atoms with Crippen LogP contribution in [0.5, 0.6) is 5.75 Å². The van der Waals surface area contributed by atoms with Crippen molar-refractivity contribution < 1.29 is 22.7 Å². The molecule has 0 saturated heterocycles. The maximum absolute atomic E-state index is 13.6. The lowest BCUT2D eigenvalue weighted by atomic mass is 10.0. The Balaban J connectivity index is 2.28. The SMILES string of the molecule is CCC(C(=O)NC(C)(C)C)N(Cc1ccc(OC)cc1)C(=O)CCCN(c1cc(C)ccc1C)S(C)(=O)=O. The van der Waals surface area contributed by atoms with Crippen LogP contribution in [0, 0.1) is 13.8 Å². The Kier molecular flexibility index (Phi) is 10.8. The van der Waals surface area contributed by atoms with Crippen molar-refractivity contribution in [3.63, 3.8) is 0 Å². The van der Waals surface area contributed by atoms with Crippen molar-refractivity contribution in [3.8, 4) is 5.75 Å². The van der Waals surface area contributed by atoms with Gasteiger partial charge in [0.25, 0.3) is 0 Å². The monoisotopic (exact) mass is 545 g/mol. The van der Waals surface area contributed by atoms with Crippen LogP contribution in [0.15, 0.2) is 42.5 Å². The highest BCUT2D eigenvalue weighted by molar-refractivity contribution is 7.92. The summed E-state index contributed by atoms with van der Waals surface area (Å²) in [6.07, 6.45) is 2.04. The maximum Gasteiger partial charge on any atom is 0.243 e. The lowest BCUT2D eigenvalue weighted by Crippen LogP contribution is -2.53. The molecule has 1 N–H and O–H groups in total. The first kappa shape index (κ1) is 31.1. The first-order valence-corrected chi connectivity index (χ1v) is 14.8. The Morgan fingerprint density at radius 2 is 1.68 bits per heavy atom. The predicted molar refractivity (Wildman–Crippen MR) is 153 cm³/mol. The van der Waals surface area contributed by atoms with Gasteiger partial charge in [-0.05, 0) is 82.3 Å². The minimum atomic E-state index is -3.55. The second-order valence-corrected chi connectivity index (χ2v) is 12.7. The molecule has 0 bridgehead atoms. The number of amides is 2. The minimum absolute atomic E-state index is 0.104. The Labute approximate surface area is 228 Å². The van der Waals surface area contributed by atoms with E-state index in [9.17, 15) is 18.0 Å². The normalized spacial score (nSPS) is 12.5. The van der Waals surface area contributed by atoms with Crippen LogP contribution in [-0.2, 0) is 26.2 Å². The molecule has 2 aromatic rings. The molecule has 0 heterocycles. The molecule has 0 saturated carbocycles.